The number of ether oxygens (including phenoxy) is 1. The van der Waals surface area contributed by atoms with E-state index >= 15 is 0 Å². The predicted molar refractivity (Wildman–Crippen MR) is 63.3 cm³/mol. The van der Waals surface area contributed by atoms with Gasteiger partial charge in [0.15, 0.2) is 0 Å². The smallest absolute Gasteiger partial charge is 0.235 e. The molecule has 88 valence electrons. The first-order valence-corrected chi connectivity index (χ1v) is 4.92. The van der Waals surface area contributed by atoms with Crippen molar-refractivity contribution >= 4 is 17.1 Å². The van der Waals surface area contributed by atoms with Gasteiger partial charge in [0.2, 0.25) is 6.20 Å². The maximum atomic E-state index is 10.3. The van der Waals surface area contributed by atoms with Crippen LogP contribution in [0, 0.1) is 10.1 Å². The van der Waals surface area contributed by atoms with Gasteiger partial charge in [-0.05, 0) is 6.07 Å². The van der Waals surface area contributed by atoms with Gasteiger partial charge in [0, 0.05) is 30.3 Å². The number of pyridine rings is 1. The lowest BCUT2D eigenvalue weighted by Crippen LogP contribution is -1.88. The fourth-order valence-electron chi connectivity index (χ4n) is 1.66. The van der Waals surface area contributed by atoms with Gasteiger partial charge in [-0.15, -0.1) is 0 Å². The van der Waals surface area contributed by atoms with E-state index < -0.39 is 4.92 Å². The predicted octanol–water partition coefficient (Wildman–Crippen LogP) is 1.83. The first-order chi connectivity index (χ1) is 8.11. The molecule has 0 aromatic carbocycles. The Bertz CT molecular complexity index is 601. The minimum absolute atomic E-state index is 0.494. The molecule has 0 aliphatic carbocycles. The summed E-state index contributed by atoms with van der Waals surface area (Å²) in [4.78, 5) is 14.1. The van der Waals surface area contributed by atoms with Crippen LogP contribution < -0.4 is 4.74 Å². The van der Waals surface area contributed by atoms with Crippen molar-refractivity contribution in [1.29, 1.82) is 0 Å². The molecule has 0 amide bonds. The number of hydrogen-bond donors (Lipinski definition) is 0. The van der Waals surface area contributed by atoms with Crippen LogP contribution in [0.1, 0.15) is 5.56 Å². The molecule has 0 unspecified atom stereocenters. The molecule has 6 nitrogen and oxygen atoms in total. The van der Waals surface area contributed by atoms with E-state index in [1.54, 1.807) is 19.5 Å². The maximum Gasteiger partial charge on any atom is 0.235 e. The van der Waals surface area contributed by atoms with Gasteiger partial charge >= 0.3 is 0 Å². The Kier molecular flexibility index (Phi) is 2.78. The standard InChI is InChI=1S/C11H11N3O3/c1-13-7-8(3-4-14(15)16)10-5-9(17-2)6-12-11(10)13/h3-7H,1-2H3/b4-3+. The molecule has 0 spiro atoms. The van der Waals surface area contributed by atoms with Gasteiger partial charge in [-0.1, -0.05) is 0 Å². The van der Waals surface area contributed by atoms with Crippen molar-refractivity contribution in [1.82, 2.24) is 9.55 Å². The van der Waals surface area contributed by atoms with E-state index in [1.165, 1.54) is 6.08 Å². The van der Waals surface area contributed by atoms with Crippen LogP contribution in [0.2, 0.25) is 0 Å². The summed E-state index contributed by atoms with van der Waals surface area (Å²) in [6.45, 7) is 0. The van der Waals surface area contributed by atoms with Gasteiger partial charge in [0.25, 0.3) is 0 Å². The highest BCUT2D eigenvalue weighted by molar-refractivity contribution is 5.87. The zero-order chi connectivity index (χ0) is 12.4. The van der Waals surface area contributed by atoms with Crippen molar-refractivity contribution in [3.05, 3.63) is 40.3 Å². The molecule has 17 heavy (non-hydrogen) atoms. The zero-order valence-corrected chi connectivity index (χ0v) is 9.45. The second-order valence-electron chi connectivity index (χ2n) is 3.54. The Morgan fingerprint density at radius 3 is 3.00 bits per heavy atom. The van der Waals surface area contributed by atoms with Crippen molar-refractivity contribution < 1.29 is 9.66 Å². The number of methoxy groups -OCH3 is 1. The summed E-state index contributed by atoms with van der Waals surface area (Å²) in [5.41, 5.74) is 1.50. The summed E-state index contributed by atoms with van der Waals surface area (Å²) in [6.07, 6.45) is 5.76. The summed E-state index contributed by atoms with van der Waals surface area (Å²) < 4.78 is 6.90. The molecule has 0 aliphatic rings. The number of aromatic nitrogens is 2. The molecule has 0 aliphatic heterocycles. The number of nitro groups is 1. The van der Waals surface area contributed by atoms with Gasteiger partial charge in [-0.25, -0.2) is 4.98 Å². The summed E-state index contributed by atoms with van der Waals surface area (Å²) in [7, 11) is 3.39. The Labute approximate surface area is 97.3 Å². The molecular formula is C11H11N3O3. The number of fused-ring (bicyclic) bond motifs is 1. The van der Waals surface area contributed by atoms with E-state index in [0.717, 1.165) is 22.8 Å². The quantitative estimate of drug-likeness (QED) is 0.599. The van der Waals surface area contributed by atoms with Crippen molar-refractivity contribution in [2.75, 3.05) is 7.11 Å². The molecular weight excluding hydrogens is 222 g/mol. The van der Waals surface area contributed by atoms with Gasteiger partial charge in [-0.2, -0.15) is 0 Å². The lowest BCUT2D eigenvalue weighted by molar-refractivity contribution is -0.400. The van der Waals surface area contributed by atoms with E-state index in [1.807, 2.05) is 17.7 Å². The topological polar surface area (TPSA) is 70.2 Å². The largest absolute Gasteiger partial charge is 0.495 e. The van der Waals surface area contributed by atoms with Crippen LogP contribution in [0.5, 0.6) is 5.75 Å². The molecule has 0 fully saturated rings. The van der Waals surface area contributed by atoms with Gasteiger partial charge in [-0.3, -0.25) is 10.1 Å². The van der Waals surface area contributed by atoms with E-state index in [9.17, 15) is 10.1 Å². The van der Waals surface area contributed by atoms with Gasteiger partial charge in [0.1, 0.15) is 11.4 Å². The summed E-state index contributed by atoms with van der Waals surface area (Å²) in [6, 6.07) is 1.81. The molecule has 0 bridgehead atoms. The number of nitrogens with zero attached hydrogens (tertiary/aromatic N) is 3. The van der Waals surface area contributed by atoms with Crippen LogP contribution in [-0.4, -0.2) is 21.6 Å². The third kappa shape index (κ3) is 2.10. The lowest BCUT2D eigenvalue weighted by atomic mass is 10.2. The van der Waals surface area contributed by atoms with Crippen LogP contribution in [0.15, 0.2) is 24.7 Å². The summed E-state index contributed by atoms with van der Waals surface area (Å²) in [5.74, 6) is 0.624. The molecule has 0 atom stereocenters. The van der Waals surface area contributed by atoms with Gasteiger partial charge < -0.3 is 9.30 Å². The van der Waals surface area contributed by atoms with Crippen molar-refractivity contribution in [3.8, 4) is 5.75 Å². The Morgan fingerprint density at radius 2 is 2.35 bits per heavy atom. The molecule has 2 aromatic heterocycles. The normalized spacial score (nSPS) is 11.2. The first-order valence-electron chi connectivity index (χ1n) is 4.92. The van der Waals surface area contributed by atoms with Crippen molar-refractivity contribution in [2.24, 2.45) is 7.05 Å². The second kappa shape index (κ2) is 4.25. The highest BCUT2D eigenvalue weighted by Crippen LogP contribution is 2.24. The molecule has 0 saturated carbocycles. The fourth-order valence-corrected chi connectivity index (χ4v) is 1.66. The van der Waals surface area contributed by atoms with Crippen LogP contribution in [0.4, 0.5) is 0 Å². The molecule has 6 heteroatoms. The molecule has 0 N–H and O–H groups in total. The van der Waals surface area contributed by atoms with Crippen LogP contribution in [-0.2, 0) is 7.05 Å². The Morgan fingerprint density at radius 1 is 1.59 bits per heavy atom. The maximum absolute atomic E-state index is 10.3. The second-order valence-corrected chi connectivity index (χ2v) is 3.54. The summed E-state index contributed by atoms with van der Waals surface area (Å²) >= 11 is 0. The van der Waals surface area contributed by atoms with Crippen LogP contribution in [0.25, 0.3) is 17.1 Å². The summed E-state index contributed by atoms with van der Waals surface area (Å²) in [5, 5.41) is 11.1. The highest BCUT2D eigenvalue weighted by Gasteiger charge is 2.07. The Balaban J connectivity index is 2.59. The van der Waals surface area contributed by atoms with Gasteiger partial charge in [0.05, 0.1) is 18.2 Å². The zero-order valence-electron chi connectivity index (χ0n) is 9.45. The molecule has 2 rings (SSSR count). The van der Waals surface area contributed by atoms with Crippen LogP contribution >= 0.6 is 0 Å². The minimum Gasteiger partial charge on any atom is -0.495 e. The van der Waals surface area contributed by atoms with E-state index in [0.29, 0.717) is 5.75 Å². The number of rotatable bonds is 3. The monoisotopic (exact) mass is 233 g/mol. The molecule has 2 heterocycles. The third-order valence-electron chi connectivity index (χ3n) is 2.43. The van der Waals surface area contributed by atoms with E-state index in [4.69, 9.17) is 4.74 Å². The molecule has 2 aromatic rings. The Hall–Kier alpha value is -2.37. The fraction of sp³-hybridized carbons (Fsp3) is 0.182. The third-order valence-corrected chi connectivity index (χ3v) is 2.43. The van der Waals surface area contributed by atoms with Crippen molar-refractivity contribution in [2.45, 2.75) is 0 Å². The average molecular weight is 233 g/mol. The SMILES string of the molecule is COc1cnc2c(c1)c(/C=C/[N+](=O)[O-])cn2C. The van der Waals surface area contributed by atoms with E-state index in [-0.39, 0.29) is 0 Å². The number of hydrogen-bond acceptors (Lipinski definition) is 4. The highest BCUT2D eigenvalue weighted by atomic mass is 16.6. The molecule has 0 radical (unpaired) electrons. The average Bonchev–Trinajstić information content (AvgIpc) is 2.63. The lowest BCUT2D eigenvalue weighted by Gasteiger charge is -1.99. The minimum atomic E-state index is -0.494. The van der Waals surface area contributed by atoms with Crippen LogP contribution in [0.3, 0.4) is 0 Å². The number of aryl methyl sites for hydroxylation is 1. The van der Waals surface area contributed by atoms with Crippen molar-refractivity contribution in [3.63, 3.8) is 0 Å². The molecule has 0 saturated heterocycles. The first kappa shape index (κ1) is 11.1. The van der Waals surface area contributed by atoms with E-state index in [2.05, 4.69) is 4.98 Å².